The van der Waals surface area contributed by atoms with Crippen molar-refractivity contribution < 1.29 is 0 Å². The van der Waals surface area contributed by atoms with E-state index in [1.165, 1.54) is 0 Å². The average Bonchev–Trinajstić information content (AvgIpc) is 2.04. The molecule has 12 heavy (non-hydrogen) atoms. The van der Waals surface area contributed by atoms with Gasteiger partial charge in [-0.1, -0.05) is 36.9 Å². The molecule has 0 aromatic heterocycles. The summed E-state index contributed by atoms with van der Waals surface area (Å²) in [5.41, 5.74) is 9.27. The second-order valence-corrected chi connectivity index (χ2v) is 2.89. The first-order valence-corrected chi connectivity index (χ1v) is 3.82. The molecule has 0 saturated heterocycles. The molecule has 0 aliphatic heterocycles. The van der Waals surface area contributed by atoms with Crippen molar-refractivity contribution in [2.45, 2.75) is 6.92 Å². The molecule has 0 fully saturated rings. The van der Waals surface area contributed by atoms with E-state index in [-0.39, 0.29) is 0 Å². The summed E-state index contributed by atoms with van der Waals surface area (Å²) >= 11 is 0. The molecule has 0 radical (unpaired) electrons. The molecule has 0 aliphatic rings. The minimum absolute atomic E-state index is 0.595. The highest BCUT2D eigenvalue weighted by Crippen LogP contribution is 2.15. The predicted molar refractivity (Wildman–Crippen MR) is 54.4 cm³/mol. The third kappa shape index (κ3) is 1.76. The van der Waals surface area contributed by atoms with Crippen LogP contribution in [0, 0.1) is 0 Å². The van der Waals surface area contributed by atoms with Gasteiger partial charge in [-0.15, -0.1) is 0 Å². The third-order valence-corrected chi connectivity index (χ3v) is 1.73. The molecule has 0 amide bonds. The minimum Gasteiger partial charge on any atom is -0.399 e. The summed E-state index contributed by atoms with van der Waals surface area (Å²) in [5, 5.41) is 0. The van der Waals surface area contributed by atoms with Gasteiger partial charge < -0.3 is 5.73 Å². The smallest absolute Gasteiger partial charge is 0.0314 e. The maximum absolute atomic E-state index is 5.56. The zero-order valence-electron chi connectivity index (χ0n) is 7.30. The van der Waals surface area contributed by atoms with E-state index in [0.717, 1.165) is 16.7 Å². The lowest BCUT2D eigenvalue weighted by atomic mass is 10.0. The van der Waals surface area contributed by atoms with Crippen molar-refractivity contribution in [3.63, 3.8) is 0 Å². The molecule has 0 heterocycles. The monoisotopic (exact) mass is 159 g/mol. The Morgan fingerprint density at radius 3 is 2.33 bits per heavy atom. The third-order valence-electron chi connectivity index (χ3n) is 1.73. The molecular formula is C11H13N. The van der Waals surface area contributed by atoms with E-state index < -0.39 is 0 Å². The van der Waals surface area contributed by atoms with Crippen LogP contribution in [0.5, 0.6) is 0 Å². The van der Waals surface area contributed by atoms with Crippen LogP contribution in [0.1, 0.15) is 18.1 Å². The number of allylic oxidation sites excluding steroid dienone is 1. The van der Waals surface area contributed by atoms with E-state index in [9.17, 15) is 0 Å². The van der Waals surface area contributed by atoms with Gasteiger partial charge in [0, 0.05) is 5.70 Å². The van der Waals surface area contributed by atoms with Crippen molar-refractivity contribution in [2.75, 3.05) is 0 Å². The van der Waals surface area contributed by atoms with Gasteiger partial charge in [-0.25, -0.2) is 0 Å². The number of benzene rings is 1. The summed E-state index contributed by atoms with van der Waals surface area (Å²) in [7, 11) is 0. The molecule has 2 N–H and O–H groups in total. The Bertz CT molecular complexity index is 294. The summed E-state index contributed by atoms with van der Waals surface area (Å²) in [6, 6.07) is 7.89. The standard InChI is InChI=1S/C11H13N/c1-8(2)10-5-4-6-11(7-10)9(3)12/h4-7H,1,3,12H2,2H3. The van der Waals surface area contributed by atoms with Gasteiger partial charge in [0.1, 0.15) is 0 Å². The van der Waals surface area contributed by atoms with Crippen LogP contribution in [0.4, 0.5) is 0 Å². The molecule has 1 heteroatoms. The predicted octanol–water partition coefficient (Wildman–Crippen LogP) is 2.65. The van der Waals surface area contributed by atoms with E-state index in [2.05, 4.69) is 13.2 Å². The maximum atomic E-state index is 5.56. The number of rotatable bonds is 2. The summed E-state index contributed by atoms with van der Waals surface area (Å²) < 4.78 is 0. The molecule has 1 aromatic carbocycles. The largest absolute Gasteiger partial charge is 0.399 e. The van der Waals surface area contributed by atoms with Crippen LogP contribution in [0.15, 0.2) is 37.4 Å². The molecule has 0 spiro atoms. The van der Waals surface area contributed by atoms with E-state index in [1.807, 2.05) is 31.2 Å². The Morgan fingerprint density at radius 2 is 1.83 bits per heavy atom. The molecule has 1 rings (SSSR count). The van der Waals surface area contributed by atoms with Gasteiger partial charge in [0.2, 0.25) is 0 Å². The molecule has 0 aliphatic carbocycles. The first-order chi connectivity index (χ1) is 5.61. The summed E-state index contributed by atoms with van der Waals surface area (Å²) in [5.74, 6) is 0. The van der Waals surface area contributed by atoms with E-state index in [1.54, 1.807) is 0 Å². The van der Waals surface area contributed by atoms with Crippen LogP contribution in [0.25, 0.3) is 11.3 Å². The van der Waals surface area contributed by atoms with Crippen LogP contribution < -0.4 is 5.73 Å². The summed E-state index contributed by atoms with van der Waals surface area (Å²) in [6.45, 7) is 9.50. The Balaban J connectivity index is 3.12. The Kier molecular flexibility index (Phi) is 2.34. The number of nitrogens with two attached hydrogens (primary N) is 1. The SMILES string of the molecule is C=C(C)c1cccc(C(=C)N)c1. The van der Waals surface area contributed by atoms with Crippen LogP contribution in [0.3, 0.4) is 0 Å². The zero-order chi connectivity index (χ0) is 9.14. The molecule has 62 valence electrons. The maximum Gasteiger partial charge on any atom is 0.0314 e. The van der Waals surface area contributed by atoms with E-state index in [4.69, 9.17) is 5.73 Å². The summed E-state index contributed by atoms with van der Waals surface area (Å²) in [4.78, 5) is 0. The highest BCUT2D eigenvalue weighted by atomic mass is 14.6. The van der Waals surface area contributed by atoms with Crippen molar-refractivity contribution in [3.05, 3.63) is 48.6 Å². The van der Waals surface area contributed by atoms with Gasteiger partial charge >= 0.3 is 0 Å². The Labute approximate surface area is 73.2 Å². The van der Waals surface area contributed by atoms with Gasteiger partial charge in [-0.05, 0) is 24.1 Å². The first kappa shape index (κ1) is 8.60. The summed E-state index contributed by atoms with van der Waals surface area (Å²) in [6.07, 6.45) is 0. The van der Waals surface area contributed by atoms with Crippen molar-refractivity contribution in [2.24, 2.45) is 5.73 Å². The van der Waals surface area contributed by atoms with Gasteiger partial charge in [-0.2, -0.15) is 0 Å². The van der Waals surface area contributed by atoms with Crippen molar-refractivity contribution >= 4 is 11.3 Å². The highest BCUT2D eigenvalue weighted by molar-refractivity contribution is 5.68. The molecule has 1 nitrogen and oxygen atoms in total. The number of hydrogen-bond donors (Lipinski definition) is 1. The van der Waals surface area contributed by atoms with Gasteiger partial charge in [0.15, 0.2) is 0 Å². The fourth-order valence-electron chi connectivity index (χ4n) is 0.984. The molecular weight excluding hydrogens is 146 g/mol. The van der Waals surface area contributed by atoms with Crippen molar-refractivity contribution in [1.29, 1.82) is 0 Å². The number of hydrogen-bond acceptors (Lipinski definition) is 1. The fourth-order valence-corrected chi connectivity index (χ4v) is 0.984. The van der Waals surface area contributed by atoms with Crippen LogP contribution in [-0.4, -0.2) is 0 Å². The zero-order valence-corrected chi connectivity index (χ0v) is 7.30. The minimum atomic E-state index is 0.595. The molecule has 1 aromatic rings. The van der Waals surface area contributed by atoms with Crippen molar-refractivity contribution in [3.8, 4) is 0 Å². The quantitative estimate of drug-likeness (QED) is 0.705. The van der Waals surface area contributed by atoms with Crippen molar-refractivity contribution in [1.82, 2.24) is 0 Å². The lowest BCUT2D eigenvalue weighted by Gasteiger charge is -2.03. The Morgan fingerprint density at radius 1 is 1.25 bits per heavy atom. The lowest BCUT2D eigenvalue weighted by Crippen LogP contribution is -1.94. The molecule has 0 unspecified atom stereocenters. The normalized spacial score (nSPS) is 9.42. The molecule has 0 bridgehead atoms. The second-order valence-electron chi connectivity index (χ2n) is 2.89. The van der Waals surface area contributed by atoms with Crippen LogP contribution in [0.2, 0.25) is 0 Å². The van der Waals surface area contributed by atoms with Crippen LogP contribution in [-0.2, 0) is 0 Å². The van der Waals surface area contributed by atoms with Gasteiger partial charge in [0.25, 0.3) is 0 Å². The van der Waals surface area contributed by atoms with Gasteiger partial charge in [-0.3, -0.25) is 0 Å². The first-order valence-electron chi connectivity index (χ1n) is 3.82. The highest BCUT2D eigenvalue weighted by Gasteiger charge is 1.96. The lowest BCUT2D eigenvalue weighted by molar-refractivity contribution is 1.49. The van der Waals surface area contributed by atoms with Crippen LogP contribution >= 0.6 is 0 Å². The average molecular weight is 159 g/mol. The topological polar surface area (TPSA) is 26.0 Å². The molecule has 0 saturated carbocycles. The van der Waals surface area contributed by atoms with Gasteiger partial charge in [0.05, 0.1) is 0 Å². The van der Waals surface area contributed by atoms with E-state index >= 15 is 0 Å². The second kappa shape index (κ2) is 3.26. The Hall–Kier alpha value is -1.50. The fraction of sp³-hybridized carbons (Fsp3) is 0.0909. The van der Waals surface area contributed by atoms with E-state index in [0.29, 0.717) is 5.70 Å². The molecule has 0 atom stereocenters.